The third kappa shape index (κ3) is 3.22. The molecule has 0 amide bonds. The SMILES string of the molecule is CCC(=O)Oc1cc2occ(-c3ccc4c(c3)OCCO4)c(=O)c2cc1CC. The van der Waals surface area contributed by atoms with Gasteiger partial charge >= 0.3 is 5.97 Å². The third-order valence-corrected chi connectivity index (χ3v) is 4.70. The number of benzene rings is 2. The molecule has 0 fully saturated rings. The number of carbonyl (C=O) groups is 1. The molecule has 0 saturated carbocycles. The molecular formula is C22H20O6. The molecule has 0 saturated heterocycles. The minimum Gasteiger partial charge on any atom is -0.486 e. The van der Waals surface area contributed by atoms with Crippen molar-refractivity contribution in [3.63, 3.8) is 0 Å². The van der Waals surface area contributed by atoms with Crippen molar-refractivity contribution in [2.24, 2.45) is 0 Å². The zero-order chi connectivity index (χ0) is 19.7. The van der Waals surface area contributed by atoms with Gasteiger partial charge in [-0.15, -0.1) is 0 Å². The Labute approximate surface area is 161 Å². The van der Waals surface area contributed by atoms with E-state index in [9.17, 15) is 9.59 Å². The molecule has 1 aromatic heterocycles. The van der Waals surface area contributed by atoms with Crippen LogP contribution in [-0.4, -0.2) is 19.2 Å². The molecule has 6 nitrogen and oxygen atoms in total. The topological polar surface area (TPSA) is 75.0 Å². The molecule has 144 valence electrons. The van der Waals surface area contributed by atoms with Crippen LogP contribution >= 0.6 is 0 Å². The van der Waals surface area contributed by atoms with E-state index in [1.54, 1.807) is 31.2 Å². The van der Waals surface area contributed by atoms with E-state index in [2.05, 4.69) is 0 Å². The number of carbonyl (C=O) groups excluding carboxylic acids is 1. The second-order valence-electron chi connectivity index (χ2n) is 6.47. The molecule has 0 spiro atoms. The van der Waals surface area contributed by atoms with E-state index in [-0.39, 0.29) is 17.8 Å². The highest BCUT2D eigenvalue weighted by molar-refractivity contribution is 5.85. The van der Waals surface area contributed by atoms with Crippen LogP contribution < -0.4 is 19.6 Å². The van der Waals surface area contributed by atoms with Gasteiger partial charge in [0.1, 0.15) is 30.8 Å². The van der Waals surface area contributed by atoms with Gasteiger partial charge in [0.25, 0.3) is 0 Å². The van der Waals surface area contributed by atoms with Crippen molar-refractivity contribution in [3.05, 3.63) is 52.4 Å². The number of fused-ring (bicyclic) bond motifs is 2. The molecule has 3 aromatic rings. The monoisotopic (exact) mass is 380 g/mol. The number of rotatable bonds is 4. The van der Waals surface area contributed by atoms with E-state index >= 15 is 0 Å². The summed E-state index contributed by atoms with van der Waals surface area (Å²) in [6, 6.07) is 8.73. The number of aryl methyl sites for hydroxylation is 1. The smallest absolute Gasteiger partial charge is 0.310 e. The van der Waals surface area contributed by atoms with Crippen molar-refractivity contribution in [1.29, 1.82) is 0 Å². The predicted octanol–water partition coefficient (Wildman–Crippen LogP) is 4.11. The largest absolute Gasteiger partial charge is 0.486 e. The zero-order valence-electron chi connectivity index (χ0n) is 15.7. The molecule has 2 aromatic carbocycles. The Morgan fingerprint density at radius 2 is 1.86 bits per heavy atom. The summed E-state index contributed by atoms with van der Waals surface area (Å²) in [5, 5.41) is 0.445. The van der Waals surface area contributed by atoms with Crippen LogP contribution in [-0.2, 0) is 11.2 Å². The molecule has 2 heterocycles. The summed E-state index contributed by atoms with van der Waals surface area (Å²) in [4.78, 5) is 24.8. The average Bonchev–Trinajstić information content (AvgIpc) is 2.73. The molecule has 0 bridgehead atoms. The fourth-order valence-electron chi connectivity index (χ4n) is 3.18. The highest BCUT2D eigenvalue weighted by atomic mass is 16.6. The van der Waals surface area contributed by atoms with Crippen molar-refractivity contribution in [2.75, 3.05) is 13.2 Å². The maximum Gasteiger partial charge on any atom is 0.310 e. The maximum absolute atomic E-state index is 13.1. The lowest BCUT2D eigenvalue weighted by atomic mass is 10.0. The normalized spacial score (nSPS) is 12.8. The molecule has 0 aliphatic carbocycles. The van der Waals surface area contributed by atoms with Gasteiger partial charge in [-0.2, -0.15) is 0 Å². The first-order chi connectivity index (χ1) is 13.6. The van der Waals surface area contributed by atoms with E-state index in [1.165, 1.54) is 6.26 Å². The molecule has 0 atom stereocenters. The molecule has 0 N–H and O–H groups in total. The van der Waals surface area contributed by atoms with Gasteiger partial charge in [-0.1, -0.05) is 19.9 Å². The Morgan fingerprint density at radius 3 is 2.61 bits per heavy atom. The summed E-state index contributed by atoms with van der Waals surface area (Å²) >= 11 is 0. The van der Waals surface area contributed by atoms with Gasteiger partial charge in [0.2, 0.25) is 5.43 Å². The number of esters is 1. The van der Waals surface area contributed by atoms with Crippen LogP contribution in [0.25, 0.3) is 22.1 Å². The zero-order valence-corrected chi connectivity index (χ0v) is 15.7. The Balaban J connectivity index is 1.81. The van der Waals surface area contributed by atoms with E-state index in [1.807, 2.05) is 13.0 Å². The van der Waals surface area contributed by atoms with Crippen molar-refractivity contribution >= 4 is 16.9 Å². The molecule has 28 heavy (non-hydrogen) atoms. The van der Waals surface area contributed by atoms with Gasteiger partial charge in [0.05, 0.1) is 10.9 Å². The Morgan fingerprint density at radius 1 is 1.07 bits per heavy atom. The van der Waals surface area contributed by atoms with Gasteiger partial charge in [-0.25, -0.2) is 0 Å². The Kier molecular flexibility index (Phi) is 4.77. The molecule has 0 radical (unpaired) electrons. The summed E-state index contributed by atoms with van der Waals surface area (Å²) in [5.74, 6) is 1.37. The van der Waals surface area contributed by atoms with Crippen LogP contribution in [0.15, 0.2) is 45.8 Å². The van der Waals surface area contributed by atoms with Crippen molar-refractivity contribution in [3.8, 4) is 28.4 Å². The van der Waals surface area contributed by atoms with Crippen LogP contribution in [0.2, 0.25) is 0 Å². The van der Waals surface area contributed by atoms with Crippen LogP contribution in [0.4, 0.5) is 0 Å². The number of hydrogen-bond acceptors (Lipinski definition) is 6. The molecule has 6 heteroatoms. The Hall–Kier alpha value is -3.28. The van der Waals surface area contributed by atoms with Gasteiger partial charge in [-0.05, 0) is 35.7 Å². The lowest BCUT2D eigenvalue weighted by molar-refractivity contribution is -0.134. The van der Waals surface area contributed by atoms with Crippen molar-refractivity contribution in [1.82, 2.24) is 0 Å². The summed E-state index contributed by atoms with van der Waals surface area (Å²) in [7, 11) is 0. The molecule has 0 unspecified atom stereocenters. The number of hydrogen-bond donors (Lipinski definition) is 0. The van der Waals surface area contributed by atoms with Gasteiger partial charge in [-0.3, -0.25) is 9.59 Å². The molecular weight excluding hydrogens is 360 g/mol. The highest BCUT2D eigenvalue weighted by Crippen LogP contribution is 2.34. The van der Waals surface area contributed by atoms with Gasteiger partial charge in [0.15, 0.2) is 11.5 Å². The van der Waals surface area contributed by atoms with Crippen molar-refractivity contribution < 1.29 is 23.4 Å². The van der Waals surface area contributed by atoms with E-state index in [0.717, 1.165) is 5.56 Å². The quantitative estimate of drug-likeness (QED) is 0.501. The van der Waals surface area contributed by atoms with Crippen LogP contribution in [0, 0.1) is 0 Å². The van der Waals surface area contributed by atoms with Crippen LogP contribution in [0.3, 0.4) is 0 Å². The first-order valence-electron chi connectivity index (χ1n) is 9.29. The second-order valence-corrected chi connectivity index (χ2v) is 6.47. The minimum absolute atomic E-state index is 0.152. The lowest BCUT2D eigenvalue weighted by Crippen LogP contribution is -2.15. The second kappa shape index (κ2) is 7.38. The summed E-state index contributed by atoms with van der Waals surface area (Å²) in [6.07, 6.45) is 2.32. The highest BCUT2D eigenvalue weighted by Gasteiger charge is 2.17. The first kappa shape index (κ1) is 18.1. The summed E-state index contributed by atoms with van der Waals surface area (Å²) < 4.78 is 22.2. The fraction of sp³-hybridized carbons (Fsp3) is 0.273. The van der Waals surface area contributed by atoms with E-state index < -0.39 is 0 Å². The molecule has 4 rings (SSSR count). The number of ether oxygens (including phenoxy) is 3. The maximum atomic E-state index is 13.1. The van der Waals surface area contributed by atoms with Crippen molar-refractivity contribution in [2.45, 2.75) is 26.7 Å². The summed E-state index contributed by atoms with van der Waals surface area (Å²) in [5.41, 5.74) is 2.13. The minimum atomic E-state index is -0.329. The summed E-state index contributed by atoms with van der Waals surface area (Å²) in [6.45, 7) is 4.66. The standard InChI is InChI=1S/C22H20O6/c1-3-13-9-15-19(11-18(13)28-21(23)4-2)27-12-16(22(15)24)14-5-6-17-20(10-14)26-8-7-25-17/h5-6,9-12H,3-4,7-8H2,1-2H3. The Bertz CT molecular complexity index is 1110. The van der Waals surface area contributed by atoms with Gasteiger partial charge < -0.3 is 18.6 Å². The third-order valence-electron chi connectivity index (χ3n) is 4.70. The van der Waals surface area contributed by atoms with Gasteiger partial charge in [0, 0.05) is 12.5 Å². The van der Waals surface area contributed by atoms with E-state index in [4.69, 9.17) is 18.6 Å². The van der Waals surface area contributed by atoms with Crippen LogP contribution in [0.1, 0.15) is 25.8 Å². The fourth-order valence-corrected chi connectivity index (χ4v) is 3.18. The molecule has 1 aliphatic rings. The lowest BCUT2D eigenvalue weighted by Gasteiger charge is -2.18. The first-order valence-corrected chi connectivity index (χ1v) is 9.29. The average molecular weight is 380 g/mol. The van der Waals surface area contributed by atoms with Crippen LogP contribution in [0.5, 0.6) is 17.2 Å². The van der Waals surface area contributed by atoms with E-state index in [0.29, 0.717) is 59.0 Å². The predicted molar refractivity (Wildman–Crippen MR) is 104 cm³/mol. The molecule has 1 aliphatic heterocycles.